The van der Waals surface area contributed by atoms with Crippen LogP contribution in [0.15, 0.2) is 29.7 Å². The predicted octanol–water partition coefficient (Wildman–Crippen LogP) is 2.83. The zero-order valence-electron chi connectivity index (χ0n) is 12.2. The summed E-state index contributed by atoms with van der Waals surface area (Å²) >= 11 is 1.39. The van der Waals surface area contributed by atoms with E-state index in [1.807, 2.05) is 18.4 Å². The predicted molar refractivity (Wildman–Crippen MR) is 79.0 cm³/mol. The van der Waals surface area contributed by atoms with E-state index in [2.05, 4.69) is 10.2 Å². The summed E-state index contributed by atoms with van der Waals surface area (Å²) in [4.78, 5) is 0. The molecule has 0 bridgehead atoms. The van der Waals surface area contributed by atoms with Gasteiger partial charge in [0.15, 0.2) is 16.7 Å². The van der Waals surface area contributed by atoms with Crippen molar-refractivity contribution in [3.05, 3.63) is 35.9 Å². The van der Waals surface area contributed by atoms with Gasteiger partial charge in [-0.25, -0.2) is 4.39 Å². The lowest BCUT2D eigenvalue weighted by atomic mass is 10.1. The number of ether oxygens (including phenoxy) is 1. The highest BCUT2D eigenvalue weighted by atomic mass is 32.2. The number of hydrogen-bond donors (Lipinski definition) is 1. The maximum absolute atomic E-state index is 13.6. The van der Waals surface area contributed by atoms with Gasteiger partial charge in [0, 0.05) is 11.8 Å². The van der Waals surface area contributed by atoms with Crippen molar-refractivity contribution in [3.63, 3.8) is 0 Å². The number of thioether (sulfide) groups is 1. The Hall–Kier alpha value is -1.60. The van der Waals surface area contributed by atoms with E-state index in [1.165, 1.54) is 31.0 Å². The average Bonchev–Trinajstić information content (AvgIpc) is 2.93. The van der Waals surface area contributed by atoms with E-state index in [0.717, 1.165) is 5.16 Å². The molecule has 7 heteroatoms. The molecule has 0 saturated heterocycles. The van der Waals surface area contributed by atoms with Gasteiger partial charge >= 0.3 is 0 Å². The molecule has 1 atom stereocenters. The first-order valence-electron chi connectivity index (χ1n) is 6.56. The second-order valence-electron chi connectivity index (χ2n) is 4.84. The number of aromatic nitrogens is 3. The third-order valence-corrected chi connectivity index (χ3v) is 4.06. The minimum Gasteiger partial charge on any atom is -0.494 e. The van der Waals surface area contributed by atoms with Gasteiger partial charge in [-0.05, 0) is 31.5 Å². The Morgan fingerprint density at radius 3 is 2.81 bits per heavy atom. The molecule has 2 aromatic rings. The highest BCUT2D eigenvalue weighted by molar-refractivity contribution is 7.99. The molecular formula is C14H18FN3O2S. The molecule has 0 fully saturated rings. The third-order valence-electron chi connectivity index (χ3n) is 3.03. The zero-order chi connectivity index (χ0) is 15.4. The molecule has 5 nitrogen and oxygen atoms in total. The van der Waals surface area contributed by atoms with Crippen LogP contribution in [0.5, 0.6) is 5.75 Å². The van der Waals surface area contributed by atoms with Crippen LogP contribution in [-0.2, 0) is 0 Å². The summed E-state index contributed by atoms with van der Waals surface area (Å²) in [7, 11) is 1.41. The minimum absolute atomic E-state index is 0.165. The van der Waals surface area contributed by atoms with E-state index in [9.17, 15) is 9.50 Å². The van der Waals surface area contributed by atoms with Gasteiger partial charge in [0.1, 0.15) is 6.33 Å². The number of rotatable bonds is 6. The van der Waals surface area contributed by atoms with Gasteiger partial charge in [0.25, 0.3) is 0 Å². The molecule has 0 spiro atoms. The van der Waals surface area contributed by atoms with Gasteiger partial charge in [0.05, 0.1) is 13.2 Å². The Bertz CT molecular complexity index is 604. The molecule has 2 rings (SSSR count). The van der Waals surface area contributed by atoms with Gasteiger partial charge in [-0.2, -0.15) is 0 Å². The van der Waals surface area contributed by atoms with Crippen LogP contribution in [-0.4, -0.2) is 32.7 Å². The van der Waals surface area contributed by atoms with E-state index in [-0.39, 0.29) is 11.8 Å². The fourth-order valence-corrected chi connectivity index (χ4v) is 2.84. The molecule has 114 valence electrons. The van der Waals surface area contributed by atoms with Crippen LogP contribution >= 0.6 is 11.8 Å². The number of methoxy groups -OCH3 is 1. The van der Waals surface area contributed by atoms with Crippen molar-refractivity contribution < 1.29 is 14.2 Å². The first kappa shape index (κ1) is 15.8. The van der Waals surface area contributed by atoms with Gasteiger partial charge < -0.3 is 14.4 Å². The molecule has 0 saturated carbocycles. The van der Waals surface area contributed by atoms with E-state index in [4.69, 9.17) is 4.74 Å². The number of halogens is 1. The van der Waals surface area contributed by atoms with Gasteiger partial charge in [-0.15, -0.1) is 10.2 Å². The monoisotopic (exact) mass is 311 g/mol. The quantitative estimate of drug-likeness (QED) is 0.831. The lowest BCUT2D eigenvalue weighted by molar-refractivity contribution is 0.203. The lowest BCUT2D eigenvalue weighted by Crippen LogP contribution is -2.05. The van der Waals surface area contributed by atoms with Crippen LogP contribution in [0, 0.1) is 5.82 Å². The molecule has 0 amide bonds. The highest BCUT2D eigenvalue weighted by Crippen LogP contribution is 2.27. The van der Waals surface area contributed by atoms with E-state index >= 15 is 0 Å². The molecule has 21 heavy (non-hydrogen) atoms. The third kappa shape index (κ3) is 3.74. The van der Waals surface area contributed by atoms with Crippen LogP contribution in [0.1, 0.15) is 31.6 Å². The van der Waals surface area contributed by atoms with Crippen molar-refractivity contribution in [2.45, 2.75) is 31.1 Å². The standard InChI is InChI=1S/C14H18FN3O2S/c1-9(2)18-8-16-17-14(18)21-7-12(19)10-4-5-13(20-3)11(15)6-10/h4-6,8-9,12,19H,7H2,1-3H3. The zero-order valence-corrected chi connectivity index (χ0v) is 13.0. The van der Waals surface area contributed by atoms with Gasteiger partial charge in [-0.1, -0.05) is 17.8 Å². The second kappa shape index (κ2) is 6.91. The first-order chi connectivity index (χ1) is 10.0. The van der Waals surface area contributed by atoms with E-state index in [0.29, 0.717) is 11.3 Å². The first-order valence-corrected chi connectivity index (χ1v) is 7.55. The Balaban J connectivity index is 2.03. The molecule has 1 N–H and O–H groups in total. The van der Waals surface area contributed by atoms with Crippen molar-refractivity contribution in [1.29, 1.82) is 0 Å². The van der Waals surface area contributed by atoms with E-state index in [1.54, 1.807) is 12.4 Å². The molecule has 1 aromatic heterocycles. The lowest BCUT2D eigenvalue weighted by Gasteiger charge is -2.13. The summed E-state index contributed by atoms with van der Waals surface area (Å²) in [5.74, 6) is 0.0551. The van der Waals surface area contributed by atoms with Gasteiger partial charge in [0.2, 0.25) is 0 Å². The number of aliphatic hydroxyl groups excluding tert-OH is 1. The minimum atomic E-state index is -0.785. The average molecular weight is 311 g/mol. The molecule has 0 radical (unpaired) electrons. The van der Waals surface area contributed by atoms with Crippen molar-refractivity contribution in [1.82, 2.24) is 14.8 Å². The molecule has 1 heterocycles. The molecule has 1 unspecified atom stereocenters. The smallest absolute Gasteiger partial charge is 0.191 e. The Morgan fingerprint density at radius 1 is 1.43 bits per heavy atom. The van der Waals surface area contributed by atoms with Crippen LogP contribution < -0.4 is 4.74 Å². The van der Waals surface area contributed by atoms with Crippen LogP contribution in [0.2, 0.25) is 0 Å². The topological polar surface area (TPSA) is 60.2 Å². The highest BCUT2D eigenvalue weighted by Gasteiger charge is 2.14. The summed E-state index contributed by atoms with van der Waals surface area (Å²) in [6, 6.07) is 4.70. The van der Waals surface area contributed by atoms with E-state index < -0.39 is 11.9 Å². The Labute approximate surface area is 127 Å². The summed E-state index contributed by atoms with van der Waals surface area (Å²) in [6.07, 6.45) is 0.875. The number of hydrogen-bond acceptors (Lipinski definition) is 5. The van der Waals surface area contributed by atoms with Gasteiger partial charge in [-0.3, -0.25) is 0 Å². The molecule has 0 aliphatic carbocycles. The number of benzene rings is 1. The SMILES string of the molecule is COc1ccc(C(O)CSc2nncn2C(C)C)cc1F. The molecule has 1 aromatic carbocycles. The van der Waals surface area contributed by atoms with Crippen molar-refractivity contribution >= 4 is 11.8 Å². The maximum atomic E-state index is 13.6. The van der Waals surface area contributed by atoms with Crippen molar-refractivity contribution in [2.24, 2.45) is 0 Å². The molecule has 0 aliphatic rings. The maximum Gasteiger partial charge on any atom is 0.191 e. The number of aliphatic hydroxyl groups is 1. The van der Waals surface area contributed by atoms with Crippen LogP contribution in [0.3, 0.4) is 0 Å². The Morgan fingerprint density at radius 2 is 2.19 bits per heavy atom. The molecular weight excluding hydrogens is 293 g/mol. The van der Waals surface area contributed by atoms with Crippen LogP contribution in [0.4, 0.5) is 4.39 Å². The van der Waals surface area contributed by atoms with Crippen molar-refractivity contribution in [2.75, 3.05) is 12.9 Å². The van der Waals surface area contributed by atoms with Crippen LogP contribution in [0.25, 0.3) is 0 Å². The fraction of sp³-hybridized carbons (Fsp3) is 0.429. The summed E-state index contributed by atoms with van der Waals surface area (Å²) in [5.41, 5.74) is 0.511. The fourth-order valence-electron chi connectivity index (χ4n) is 1.83. The number of nitrogens with zero attached hydrogens (tertiary/aromatic N) is 3. The second-order valence-corrected chi connectivity index (χ2v) is 5.82. The summed E-state index contributed by atoms with van der Waals surface area (Å²) in [6.45, 7) is 4.06. The Kier molecular flexibility index (Phi) is 5.19. The normalized spacial score (nSPS) is 12.7. The summed E-state index contributed by atoms with van der Waals surface area (Å²) < 4.78 is 20.4. The van der Waals surface area contributed by atoms with Crippen molar-refractivity contribution in [3.8, 4) is 5.75 Å². The summed E-state index contributed by atoms with van der Waals surface area (Å²) in [5, 5.41) is 18.8. The molecule has 0 aliphatic heterocycles. The largest absolute Gasteiger partial charge is 0.494 e.